The number of thioether (sulfide) groups is 1. The lowest BCUT2D eigenvalue weighted by Crippen LogP contribution is -2.25. The number of para-hydroxylation sites is 2. The molecule has 0 saturated carbocycles. The van der Waals surface area contributed by atoms with E-state index in [1.54, 1.807) is 17.8 Å². The van der Waals surface area contributed by atoms with Crippen molar-refractivity contribution in [1.29, 1.82) is 0 Å². The molecule has 0 unspecified atom stereocenters. The molecule has 0 fully saturated rings. The van der Waals surface area contributed by atoms with E-state index in [1.807, 2.05) is 60.7 Å². The minimum atomic E-state index is -0.209. The van der Waals surface area contributed by atoms with Gasteiger partial charge in [-0.15, -0.1) is 11.8 Å². The van der Waals surface area contributed by atoms with Gasteiger partial charge in [-0.3, -0.25) is 4.79 Å². The molecule has 33 heavy (non-hydrogen) atoms. The van der Waals surface area contributed by atoms with Crippen molar-refractivity contribution in [2.24, 2.45) is 0 Å². The number of aryl methyl sites for hydroxylation is 2. The Labute approximate surface area is 199 Å². The van der Waals surface area contributed by atoms with E-state index in [-0.39, 0.29) is 5.91 Å². The molecule has 1 N–H and O–H groups in total. The van der Waals surface area contributed by atoms with Crippen molar-refractivity contribution in [3.63, 3.8) is 0 Å². The highest BCUT2D eigenvalue weighted by atomic mass is 32.2. The molecule has 4 aromatic rings. The summed E-state index contributed by atoms with van der Waals surface area (Å²) < 4.78 is 11.8. The molecule has 4 nitrogen and oxygen atoms in total. The number of carbonyl (C=O) groups is 1. The lowest BCUT2D eigenvalue weighted by atomic mass is 10.1. The van der Waals surface area contributed by atoms with E-state index in [0.29, 0.717) is 24.5 Å². The van der Waals surface area contributed by atoms with Gasteiger partial charge in [-0.05, 0) is 67.3 Å². The van der Waals surface area contributed by atoms with Crippen molar-refractivity contribution in [2.45, 2.75) is 30.9 Å². The van der Waals surface area contributed by atoms with Gasteiger partial charge in [0.1, 0.15) is 17.3 Å². The summed E-state index contributed by atoms with van der Waals surface area (Å²) in [7, 11) is 0. The highest BCUT2D eigenvalue weighted by Gasteiger charge is 2.13. The van der Waals surface area contributed by atoms with Gasteiger partial charge < -0.3 is 14.5 Å². The third kappa shape index (κ3) is 6.08. The summed E-state index contributed by atoms with van der Waals surface area (Å²) >= 11 is 1.73. The number of nitrogens with one attached hydrogen (secondary N) is 1. The van der Waals surface area contributed by atoms with Gasteiger partial charge in [-0.25, -0.2) is 0 Å². The van der Waals surface area contributed by atoms with Crippen LogP contribution in [0.1, 0.15) is 33.0 Å². The molecular weight excluding hydrogens is 430 g/mol. The summed E-state index contributed by atoms with van der Waals surface area (Å²) in [5.74, 6) is 3.18. The number of furan rings is 1. The zero-order valence-corrected chi connectivity index (χ0v) is 19.7. The summed E-state index contributed by atoms with van der Waals surface area (Å²) in [5.41, 5.74) is 3.54. The van der Waals surface area contributed by atoms with Crippen LogP contribution in [0.4, 0.5) is 0 Å². The lowest BCUT2D eigenvalue weighted by Gasteiger charge is -2.11. The smallest absolute Gasteiger partial charge is 0.287 e. The van der Waals surface area contributed by atoms with Gasteiger partial charge in [0, 0.05) is 11.4 Å². The standard InChI is InChI=1S/C28H27NO3S/c1-20-9-8-10-21(2)27(20)33-19-24-15-16-26(32-24)28(30)29-18-17-22-11-6-7-14-25(22)31-23-12-4-3-5-13-23/h3-16H,17-19H2,1-2H3,(H,29,30). The Balaban J connectivity index is 1.30. The van der Waals surface area contributed by atoms with Crippen LogP contribution in [0.2, 0.25) is 0 Å². The molecule has 0 atom stereocenters. The topological polar surface area (TPSA) is 51.5 Å². The van der Waals surface area contributed by atoms with Crippen LogP contribution in [0.25, 0.3) is 0 Å². The van der Waals surface area contributed by atoms with E-state index < -0.39 is 0 Å². The molecule has 0 aliphatic carbocycles. The van der Waals surface area contributed by atoms with Gasteiger partial charge in [0.05, 0.1) is 5.75 Å². The number of ether oxygens (including phenoxy) is 1. The maximum Gasteiger partial charge on any atom is 0.287 e. The summed E-state index contributed by atoms with van der Waals surface area (Å²) in [6, 6.07) is 27.5. The second-order valence-corrected chi connectivity index (χ2v) is 8.79. The monoisotopic (exact) mass is 457 g/mol. The first-order valence-corrected chi connectivity index (χ1v) is 12.0. The molecule has 0 bridgehead atoms. The Hall–Kier alpha value is -3.44. The fourth-order valence-corrected chi connectivity index (χ4v) is 4.60. The summed E-state index contributed by atoms with van der Waals surface area (Å²) in [6.07, 6.45) is 0.657. The van der Waals surface area contributed by atoms with E-state index in [9.17, 15) is 4.79 Å². The molecule has 168 valence electrons. The van der Waals surface area contributed by atoms with Crippen molar-refractivity contribution in [3.05, 3.63) is 113 Å². The maximum atomic E-state index is 12.6. The minimum absolute atomic E-state index is 0.209. The summed E-state index contributed by atoms with van der Waals surface area (Å²) in [5, 5.41) is 2.95. The molecule has 5 heteroatoms. The van der Waals surface area contributed by atoms with Crippen LogP contribution in [0, 0.1) is 13.8 Å². The van der Waals surface area contributed by atoms with Crippen molar-refractivity contribution in [1.82, 2.24) is 5.32 Å². The van der Waals surface area contributed by atoms with E-state index in [0.717, 1.165) is 22.8 Å². The molecule has 1 heterocycles. The average molecular weight is 458 g/mol. The van der Waals surface area contributed by atoms with Crippen LogP contribution < -0.4 is 10.1 Å². The summed E-state index contributed by atoms with van der Waals surface area (Å²) in [4.78, 5) is 13.8. The largest absolute Gasteiger partial charge is 0.457 e. The minimum Gasteiger partial charge on any atom is -0.457 e. The Bertz CT molecular complexity index is 1200. The number of benzene rings is 3. The van der Waals surface area contributed by atoms with E-state index in [2.05, 4.69) is 37.4 Å². The predicted octanol–water partition coefficient (Wildman–Crippen LogP) is 6.95. The molecule has 1 amide bonds. The van der Waals surface area contributed by atoms with Gasteiger partial charge in [0.25, 0.3) is 5.91 Å². The zero-order chi connectivity index (χ0) is 23.0. The second-order valence-electron chi connectivity index (χ2n) is 7.80. The molecule has 0 spiro atoms. The highest BCUT2D eigenvalue weighted by molar-refractivity contribution is 7.98. The normalized spacial score (nSPS) is 10.7. The van der Waals surface area contributed by atoms with Crippen molar-refractivity contribution < 1.29 is 13.9 Å². The lowest BCUT2D eigenvalue weighted by molar-refractivity contribution is 0.0925. The van der Waals surface area contributed by atoms with Gasteiger partial charge in [0.15, 0.2) is 5.76 Å². The second kappa shape index (κ2) is 10.9. The number of hydrogen-bond donors (Lipinski definition) is 1. The van der Waals surface area contributed by atoms with Gasteiger partial charge in [-0.1, -0.05) is 54.6 Å². The number of amides is 1. The van der Waals surface area contributed by atoms with Crippen LogP contribution >= 0.6 is 11.8 Å². The Morgan fingerprint density at radius 2 is 1.61 bits per heavy atom. The quantitative estimate of drug-likeness (QED) is 0.276. The molecule has 0 aliphatic rings. The third-order valence-electron chi connectivity index (χ3n) is 5.28. The SMILES string of the molecule is Cc1cccc(C)c1SCc1ccc(C(=O)NCCc2ccccc2Oc2ccccc2)o1. The zero-order valence-electron chi connectivity index (χ0n) is 18.8. The fraction of sp³-hybridized carbons (Fsp3) is 0.179. The Morgan fingerprint density at radius 3 is 2.39 bits per heavy atom. The predicted molar refractivity (Wildman–Crippen MR) is 133 cm³/mol. The summed E-state index contributed by atoms with van der Waals surface area (Å²) in [6.45, 7) is 4.71. The van der Waals surface area contributed by atoms with Crippen molar-refractivity contribution in [2.75, 3.05) is 6.54 Å². The molecule has 1 aromatic heterocycles. The molecule has 3 aromatic carbocycles. The van der Waals surface area contributed by atoms with Crippen LogP contribution in [0.15, 0.2) is 94.2 Å². The van der Waals surface area contributed by atoms with E-state index in [4.69, 9.17) is 9.15 Å². The maximum absolute atomic E-state index is 12.6. The first kappa shape index (κ1) is 22.7. The van der Waals surface area contributed by atoms with Crippen LogP contribution in [-0.4, -0.2) is 12.5 Å². The van der Waals surface area contributed by atoms with E-state index in [1.165, 1.54) is 16.0 Å². The molecule has 0 saturated heterocycles. The molecule has 0 aliphatic heterocycles. The van der Waals surface area contributed by atoms with Gasteiger partial charge in [0.2, 0.25) is 0 Å². The Morgan fingerprint density at radius 1 is 0.879 bits per heavy atom. The highest BCUT2D eigenvalue weighted by Crippen LogP contribution is 2.30. The number of carbonyl (C=O) groups excluding carboxylic acids is 1. The Kier molecular flexibility index (Phi) is 7.53. The van der Waals surface area contributed by atoms with Gasteiger partial charge in [-0.2, -0.15) is 0 Å². The molecule has 0 radical (unpaired) electrons. The fourth-order valence-electron chi connectivity index (χ4n) is 3.57. The number of rotatable bonds is 9. The van der Waals surface area contributed by atoms with Gasteiger partial charge >= 0.3 is 0 Å². The molecular formula is C28H27NO3S. The first-order chi connectivity index (χ1) is 16.1. The van der Waals surface area contributed by atoms with E-state index >= 15 is 0 Å². The average Bonchev–Trinajstić information content (AvgIpc) is 3.30. The van der Waals surface area contributed by atoms with Crippen LogP contribution in [0.3, 0.4) is 0 Å². The third-order valence-corrected chi connectivity index (χ3v) is 6.64. The number of hydrogen-bond acceptors (Lipinski definition) is 4. The molecule has 4 rings (SSSR count). The van der Waals surface area contributed by atoms with Crippen LogP contribution in [0.5, 0.6) is 11.5 Å². The van der Waals surface area contributed by atoms with Crippen molar-refractivity contribution >= 4 is 17.7 Å². The first-order valence-electron chi connectivity index (χ1n) is 11.0. The van der Waals surface area contributed by atoms with Crippen LogP contribution in [-0.2, 0) is 12.2 Å². The van der Waals surface area contributed by atoms with Crippen molar-refractivity contribution in [3.8, 4) is 11.5 Å².